The van der Waals surface area contributed by atoms with E-state index in [1.807, 2.05) is 0 Å². The van der Waals surface area contributed by atoms with E-state index in [1.165, 1.54) is 82.7 Å². The minimum absolute atomic E-state index is 1.14. The molecular weight excluding hydrogens is 605 g/mol. The van der Waals surface area contributed by atoms with Crippen molar-refractivity contribution in [2.24, 2.45) is 0 Å². The standard InChI is InChI=1S/C48H32N2/c1-3-13-33(14-4-1)34-23-25-35(26-24-34)36-27-29-38(30-28-36)49-45-21-11-8-18-40(45)42-31-32-43-41-19-9-12-22-46(41)50(48(43)47(42)49)44-20-10-7-17-39(44)37-15-5-2-6-16-37/h1-32H. The van der Waals surface area contributed by atoms with E-state index in [1.54, 1.807) is 0 Å². The number of hydrogen-bond donors (Lipinski definition) is 0. The van der Waals surface area contributed by atoms with E-state index in [-0.39, 0.29) is 0 Å². The van der Waals surface area contributed by atoms with Crippen LogP contribution in [0.25, 0.3) is 88.4 Å². The zero-order valence-corrected chi connectivity index (χ0v) is 27.4. The Balaban J connectivity index is 1.22. The molecule has 0 atom stereocenters. The van der Waals surface area contributed by atoms with Gasteiger partial charge < -0.3 is 9.13 Å². The van der Waals surface area contributed by atoms with Crippen LogP contribution in [0.4, 0.5) is 0 Å². The Kier molecular flexibility index (Phi) is 6.53. The molecule has 0 saturated heterocycles. The Labute approximate surface area is 290 Å². The number of aromatic nitrogens is 2. The van der Waals surface area contributed by atoms with Crippen LogP contribution in [-0.2, 0) is 0 Å². The van der Waals surface area contributed by atoms with Crippen molar-refractivity contribution >= 4 is 43.6 Å². The van der Waals surface area contributed by atoms with E-state index >= 15 is 0 Å². The maximum Gasteiger partial charge on any atom is 0.0789 e. The van der Waals surface area contributed by atoms with Gasteiger partial charge in [-0.15, -0.1) is 0 Å². The number of fused-ring (bicyclic) bond motifs is 7. The molecule has 8 aromatic carbocycles. The van der Waals surface area contributed by atoms with Gasteiger partial charge in [0.1, 0.15) is 0 Å². The summed E-state index contributed by atoms with van der Waals surface area (Å²) in [5, 5.41) is 4.99. The van der Waals surface area contributed by atoms with Crippen molar-refractivity contribution in [3.63, 3.8) is 0 Å². The van der Waals surface area contributed by atoms with Gasteiger partial charge in [0.05, 0.1) is 27.8 Å². The first-order chi connectivity index (χ1) is 24.8. The lowest BCUT2D eigenvalue weighted by atomic mass is 10.0. The number of benzene rings is 8. The van der Waals surface area contributed by atoms with Crippen LogP contribution < -0.4 is 0 Å². The largest absolute Gasteiger partial charge is 0.307 e. The molecule has 0 bridgehead atoms. The summed E-state index contributed by atoms with van der Waals surface area (Å²) in [5.74, 6) is 0. The van der Waals surface area contributed by atoms with Crippen LogP contribution in [0.3, 0.4) is 0 Å². The lowest BCUT2D eigenvalue weighted by Gasteiger charge is -2.16. The smallest absolute Gasteiger partial charge is 0.0789 e. The van der Waals surface area contributed by atoms with Crippen molar-refractivity contribution in [3.8, 4) is 44.8 Å². The summed E-state index contributed by atoms with van der Waals surface area (Å²) >= 11 is 0. The first-order valence-electron chi connectivity index (χ1n) is 17.2. The molecule has 0 aliphatic rings. The second-order valence-electron chi connectivity index (χ2n) is 12.9. The minimum atomic E-state index is 1.14. The summed E-state index contributed by atoms with van der Waals surface area (Å²) in [6, 6.07) is 70.3. The first kappa shape index (κ1) is 28.4. The maximum atomic E-state index is 2.49. The Morgan fingerprint density at radius 3 is 1.28 bits per heavy atom. The molecule has 0 radical (unpaired) electrons. The highest BCUT2D eigenvalue weighted by molar-refractivity contribution is 6.24. The van der Waals surface area contributed by atoms with Crippen LogP contribution in [-0.4, -0.2) is 9.13 Å². The van der Waals surface area contributed by atoms with Crippen molar-refractivity contribution in [2.45, 2.75) is 0 Å². The molecule has 0 N–H and O–H groups in total. The lowest BCUT2D eigenvalue weighted by Crippen LogP contribution is -2.00. The topological polar surface area (TPSA) is 9.86 Å². The van der Waals surface area contributed by atoms with Crippen molar-refractivity contribution in [1.29, 1.82) is 0 Å². The second-order valence-corrected chi connectivity index (χ2v) is 12.9. The monoisotopic (exact) mass is 636 g/mol. The van der Waals surface area contributed by atoms with Gasteiger partial charge in [-0.3, -0.25) is 0 Å². The molecule has 0 saturated carbocycles. The van der Waals surface area contributed by atoms with Gasteiger partial charge in [-0.1, -0.05) is 164 Å². The summed E-state index contributed by atoms with van der Waals surface area (Å²) in [6.45, 7) is 0. The quantitative estimate of drug-likeness (QED) is 0.178. The normalized spacial score (nSPS) is 11.6. The molecule has 2 nitrogen and oxygen atoms in total. The highest BCUT2D eigenvalue weighted by Gasteiger charge is 2.22. The molecule has 50 heavy (non-hydrogen) atoms. The van der Waals surface area contributed by atoms with Crippen molar-refractivity contribution in [2.75, 3.05) is 0 Å². The van der Waals surface area contributed by atoms with E-state index in [2.05, 4.69) is 203 Å². The van der Waals surface area contributed by atoms with Gasteiger partial charge in [0.15, 0.2) is 0 Å². The summed E-state index contributed by atoms with van der Waals surface area (Å²) in [6.07, 6.45) is 0. The van der Waals surface area contributed by atoms with E-state index in [9.17, 15) is 0 Å². The van der Waals surface area contributed by atoms with E-state index in [4.69, 9.17) is 0 Å². The molecular formula is C48H32N2. The molecule has 234 valence electrons. The highest BCUT2D eigenvalue weighted by Crippen LogP contribution is 2.43. The average Bonchev–Trinajstić information content (AvgIpc) is 3.72. The number of nitrogens with zero attached hydrogens (tertiary/aromatic N) is 2. The predicted octanol–water partition coefficient (Wildman–Crippen LogP) is 12.9. The number of rotatable bonds is 5. The SMILES string of the molecule is c1ccc(-c2ccc(-c3ccc(-n4c5ccccc5c5ccc6c7ccccc7n(-c7ccccc7-c7ccccc7)c6c54)cc3)cc2)cc1. The first-order valence-corrected chi connectivity index (χ1v) is 17.2. The fourth-order valence-corrected chi connectivity index (χ4v) is 7.84. The second kappa shape index (κ2) is 11.5. The third-order valence-electron chi connectivity index (χ3n) is 10.1. The third-order valence-corrected chi connectivity index (χ3v) is 10.1. The van der Waals surface area contributed by atoms with Crippen LogP contribution in [0, 0.1) is 0 Å². The Hall–Kier alpha value is -6.64. The molecule has 0 spiro atoms. The van der Waals surface area contributed by atoms with Crippen LogP contribution in [0.2, 0.25) is 0 Å². The molecule has 0 fully saturated rings. The average molecular weight is 637 g/mol. The van der Waals surface area contributed by atoms with E-state index in [0.29, 0.717) is 0 Å². The Morgan fingerprint density at radius 1 is 0.260 bits per heavy atom. The molecule has 0 aliphatic carbocycles. The van der Waals surface area contributed by atoms with Crippen LogP contribution in [0.1, 0.15) is 0 Å². The van der Waals surface area contributed by atoms with Gasteiger partial charge in [-0.05, 0) is 58.1 Å². The van der Waals surface area contributed by atoms with Crippen molar-refractivity contribution in [1.82, 2.24) is 9.13 Å². The van der Waals surface area contributed by atoms with Gasteiger partial charge >= 0.3 is 0 Å². The van der Waals surface area contributed by atoms with Gasteiger partial charge in [0.2, 0.25) is 0 Å². The van der Waals surface area contributed by atoms with Crippen molar-refractivity contribution in [3.05, 3.63) is 194 Å². The van der Waals surface area contributed by atoms with Gasteiger partial charge in [0.25, 0.3) is 0 Å². The van der Waals surface area contributed by atoms with Gasteiger partial charge in [-0.25, -0.2) is 0 Å². The van der Waals surface area contributed by atoms with Gasteiger partial charge in [-0.2, -0.15) is 0 Å². The Morgan fingerprint density at radius 2 is 0.680 bits per heavy atom. The van der Waals surface area contributed by atoms with Crippen LogP contribution >= 0.6 is 0 Å². The fraction of sp³-hybridized carbons (Fsp3) is 0. The molecule has 2 heterocycles. The van der Waals surface area contributed by atoms with Crippen LogP contribution in [0.15, 0.2) is 194 Å². The minimum Gasteiger partial charge on any atom is -0.307 e. The molecule has 0 amide bonds. The number of hydrogen-bond acceptors (Lipinski definition) is 0. The van der Waals surface area contributed by atoms with Crippen LogP contribution in [0.5, 0.6) is 0 Å². The van der Waals surface area contributed by atoms with E-state index in [0.717, 1.165) is 5.69 Å². The third kappa shape index (κ3) is 4.43. The zero-order chi connectivity index (χ0) is 33.0. The van der Waals surface area contributed by atoms with Gasteiger partial charge in [0, 0.05) is 32.8 Å². The van der Waals surface area contributed by atoms with E-state index < -0.39 is 0 Å². The summed E-state index contributed by atoms with van der Waals surface area (Å²) in [4.78, 5) is 0. The Bertz CT molecular complexity index is 2820. The zero-order valence-electron chi connectivity index (χ0n) is 27.4. The molecule has 2 aromatic heterocycles. The highest BCUT2D eigenvalue weighted by atomic mass is 15.0. The van der Waals surface area contributed by atoms with Crippen molar-refractivity contribution < 1.29 is 0 Å². The maximum absolute atomic E-state index is 2.49. The lowest BCUT2D eigenvalue weighted by molar-refractivity contribution is 1.15. The summed E-state index contributed by atoms with van der Waals surface area (Å²) in [7, 11) is 0. The molecule has 0 unspecified atom stereocenters. The molecule has 0 aliphatic heterocycles. The number of para-hydroxylation sites is 3. The molecule has 10 aromatic rings. The fourth-order valence-electron chi connectivity index (χ4n) is 7.84. The summed E-state index contributed by atoms with van der Waals surface area (Å²) < 4.78 is 4.96. The predicted molar refractivity (Wildman–Crippen MR) is 211 cm³/mol. The molecule has 2 heteroatoms. The molecule has 10 rings (SSSR count). The summed E-state index contributed by atoms with van der Waals surface area (Å²) in [5.41, 5.74) is 14.4.